The Labute approximate surface area is 102 Å². The lowest BCUT2D eigenvalue weighted by atomic mass is 10.4. The van der Waals surface area contributed by atoms with Crippen molar-refractivity contribution in [3.05, 3.63) is 34.5 Å². The minimum absolute atomic E-state index is 0.501. The molecule has 0 bridgehead atoms. The molecule has 17 heavy (non-hydrogen) atoms. The van der Waals surface area contributed by atoms with Crippen LogP contribution in [0.3, 0.4) is 0 Å². The molecule has 0 amide bonds. The highest BCUT2D eigenvalue weighted by molar-refractivity contribution is 7.09. The van der Waals surface area contributed by atoms with Gasteiger partial charge in [0.25, 0.3) is 0 Å². The SMILES string of the molecule is Cc1csc(Cn2c(N)nc3cnccc32)n1. The molecule has 6 heteroatoms. The zero-order valence-electron chi connectivity index (χ0n) is 9.29. The van der Waals surface area contributed by atoms with Crippen molar-refractivity contribution in [2.45, 2.75) is 13.5 Å². The molecular formula is C11H11N5S. The highest BCUT2D eigenvalue weighted by Crippen LogP contribution is 2.19. The maximum atomic E-state index is 5.91. The zero-order chi connectivity index (χ0) is 11.8. The Bertz CT molecular complexity index is 669. The van der Waals surface area contributed by atoms with Gasteiger partial charge in [0, 0.05) is 17.3 Å². The number of aromatic nitrogens is 4. The summed E-state index contributed by atoms with van der Waals surface area (Å²) in [6.07, 6.45) is 3.46. The van der Waals surface area contributed by atoms with Crippen LogP contribution in [0, 0.1) is 6.92 Å². The van der Waals surface area contributed by atoms with Gasteiger partial charge in [0.2, 0.25) is 5.95 Å². The molecule has 3 aromatic rings. The predicted octanol–water partition coefficient (Wildman–Crippen LogP) is 1.83. The molecule has 0 saturated carbocycles. The summed E-state index contributed by atoms with van der Waals surface area (Å²) in [6, 6.07) is 1.92. The van der Waals surface area contributed by atoms with Crippen LogP contribution in [0.15, 0.2) is 23.8 Å². The predicted molar refractivity (Wildman–Crippen MR) is 67.9 cm³/mol. The Kier molecular flexibility index (Phi) is 2.29. The van der Waals surface area contributed by atoms with Crippen LogP contribution >= 0.6 is 11.3 Å². The van der Waals surface area contributed by atoms with E-state index in [0.29, 0.717) is 12.5 Å². The number of anilines is 1. The van der Waals surface area contributed by atoms with Gasteiger partial charge in [-0.1, -0.05) is 0 Å². The van der Waals surface area contributed by atoms with Crippen LogP contribution in [0.4, 0.5) is 5.95 Å². The Morgan fingerprint density at radius 2 is 2.29 bits per heavy atom. The molecule has 5 nitrogen and oxygen atoms in total. The second-order valence-electron chi connectivity index (χ2n) is 3.80. The van der Waals surface area contributed by atoms with Crippen molar-refractivity contribution < 1.29 is 0 Å². The van der Waals surface area contributed by atoms with E-state index in [0.717, 1.165) is 21.7 Å². The van der Waals surface area contributed by atoms with E-state index in [9.17, 15) is 0 Å². The molecule has 3 rings (SSSR count). The lowest BCUT2D eigenvalue weighted by Crippen LogP contribution is -2.04. The van der Waals surface area contributed by atoms with Gasteiger partial charge in [-0.3, -0.25) is 4.98 Å². The molecule has 0 aliphatic heterocycles. The van der Waals surface area contributed by atoms with Gasteiger partial charge in [0.05, 0.1) is 18.3 Å². The van der Waals surface area contributed by atoms with E-state index in [-0.39, 0.29) is 0 Å². The van der Waals surface area contributed by atoms with E-state index in [1.165, 1.54) is 0 Å². The minimum atomic E-state index is 0.501. The fourth-order valence-electron chi connectivity index (χ4n) is 1.78. The third-order valence-corrected chi connectivity index (χ3v) is 3.49. The lowest BCUT2D eigenvalue weighted by Gasteiger charge is -2.02. The largest absolute Gasteiger partial charge is 0.369 e. The molecule has 2 N–H and O–H groups in total. The lowest BCUT2D eigenvalue weighted by molar-refractivity contribution is 0.826. The van der Waals surface area contributed by atoms with Gasteiger partial charge < -0.3 is 10.3 Å². The first kappa shape index (κ1) is 10.2. The van der Waals surface area contributed by atoms with E-state index in [2.05, 4.69) is 15.0 Å². The molecule has 86 valence electrons. The summed E-state index contributed by atoms with van der Waals surface area (Å²) in [4.78, 5) is 12.7. The van der Waals surface area contributed by atoms with Crippen LogP contribution in [0.1, 0.15) is 10.7 Å². The third kappa shape index (κ3) is 1.76. The van der Waals surface area contributed by atoms with E-state index in [1.54, 1.807) is 23.7 Å². The molecule has 0 aliphatic rings. The molecule has 0 saturated heterocycles. The van der Waals surface area contributed by atoms with Crippen LogP contribution < -0.4 is 5.73 Å². The standard InChI is InChI=1S/C11H11N5S/c1-7-6-17-10(14-7)5-16-9-2-3-13-4-8(9)15-11(16)12/h2-4,6H,5H2,1H3,(H2,12,15). The fourth-order valence-corrected chi connectivity index (χ4v) is 2.54. The Morgan fingerprint density at radius 3 is 3.06 bits per heavy atom. The van der Waals surface area contributed by atoms with Gasteiger partial charge in [-0.15, -0.1) is 11.3 Å². The van der Waals surface area contributed by atoms with Crippen molar-refractivity contribution in [2.24, 2.45) is 0 Å². The normalized spacial score (nSPS) is 11.1. The number of imidazole rings is 1. The molecule has 0 aliphatic carbocycles. The number of rotatable bonds is 2. The summed E-state index contributed by atoms with van der Waals surface area (Å²) in [5.74, 6) is 0.501. The van der Waals surface area contributed by atoms with E-state index in [1.807, 2.05) is 22.9 Å². The summed E-state index contributed by atoms with van der Waals surface area (Å²) in [5, 5.41) is 3.07. The second-order valence-corrected chi connectivity index (χ2v) is 4.75. The van der Waals surface area contributed by atoms with Crippen LogP contribution in [-0.4, -0.2) is 19.5 Å². The maximum absolute atomic E-state index is 5.91. The summed E-state index contributed by atoms with van der Waals surface area (Å²) < 4.78 is 1.95. The van der Waals surface area contributed by atoms with Crippen molar-refractivity contribution >= 4 is 28.3 Å². The summed E-state index contributed by atoms with van der Waals surface area (Å²) in [5.41, 5.74) is 8.75. The number of pyridine rings is 1. The van der Waals surface area contributed by atoms with E-state index >= 15 is 0 Å². The summed E-state index contributed by atoms with van der Waals surface area (Å²) >= 11 is 1.63. The van der Waals surface area contributed by atoms with E-state index in [4.69, 9.17) is 5.73 Å². The van der Waals surface area contributed by atoms with Gasteiger partial charge in [-0.2, -0.15) is 0 Å². The Hall–Kier alpha value is -1.95. The topological polar surface area (TPSA) is 69.6 Å². The number of nitrogen functional groups attached to an aromatic ring is 1. The molecule has 0 fully saturated rings. The van der Waals surface area contributed by atoms with Crippen molar-refractivity contribution in [2.75, 3.05) is 5.73 Å². The highest BCUT2D eigenvalue weighted by atomic mass is 32.1. The average molecular weight is 245 g/mol. The molecule has 3 heterocycles. The molecule has 0 aromatic carbocycles. The Morgan fingerprint density at radius 1 is 1.41 bits per heavy atom. The molecule has 3 aromatic heterocycles. The van der Waals surface area contributed by atoms with Gasteiger partial charge in [-0.05, 0) is 13.0 Å². The van der Waals surface area contributed by atoms with Crippen molar-refractivity contribution in [3.63, 3.8) is 0 Å². The minimum Gasteiger partial charge on any atom is -0.369 e. The number of nitrogens with two attached hydrogens (primary N) is 1. The van der Waals surface area contributed by atoms with Crippen molar-refractivity contribution in [3.8, 4) is 0 Å². The van der Waals surface area contributed by atoms with Gasteiger partial charge in [-0.25, -0.2) is 9.97 Å². The first-order chi connectivity index (χ1) is 8.24. The Balaban J connectivity index is 2.08. The van der Waals surface area contributed by atoms with Crippen molar-refractivity contribution in [1.82, 2.24) is 19.5 Å². The monoisotopic (exact) mass is 245 g/mol. The van der Waals surface area contributed by atoms with Gasteiger partial charge in [0.1, 0.15) is 10.5 Å². The molecular weight excluding hydrogens is 234 g/mol. The second kappa shape index (κ2) is 3.81. The third-order valence-electron chi connectivity index (χ3n) is 2.54. The van der Waals surface area contributed by atoms with Crippen LogP contribution in [0.25, 0.3) is 11.0 Å². The first-order valence-corrected chi connectivity index (χ1v) is 6.09. The van der Waals surface area contributed by atoms with Crippen LogP contribution in [-0.2, 0) is 6.54 Å². The molecule has 0 unspecified atom stereocenters. The quantitative estimate of drug-likeness (QED) is 0.747. The smallest absolute Gasteiger partial charge is 0.201 e. The number of thiazole rings is 1. The van der Waals surface area contributed by atoms with Crippen LogP contribution in [0.5, 0.6) is 0 Å². The highest BCUT2D eigenvalue weighted by Gasteiger charge is 2.09. The number of aryl methyl sites for hydroxylation is 1. The summed E-state index contributed by atoms with van der Waals surface area (Å²) in [7, 11) is 0. The number of fused-ring (bicyclic) bond motifs is 1. The van der Waals surface area contributed by atoms with Crippen molar-refractivity contribution in [1.29, 1.82) is 0 Å². The van der Waals surface area contributed by atoms with Gasteiger partial charge >= 0.3 is 0 Å². The molecule has 0 spiro atoms. The number of hydrogen-bond acceptors (Lipinski definition) is 5. The maximum Gasteiger partial charge on any atom is 0.201 e. The van der Waals surface area contributed by atoms with Crippen LogP contribution in [0.2, 0.25) is 0 Å². The summed E-state index contributed by atoms with van der Waals surface area (Å²) in [6.45, 7) is 2.64. The number of hydrogen-bond donors (Lipinski definition) is 1. The number of nitrogens with zero attached hydrogens (tertiary/aromatic N) is 4. The van der Waals surface area contributed by atoms with Gasteiger partial charge in [0.15, 0.2) is 0 Å². The molecule has 0 radical (unpaired) electrons. The first-order valence-electron chi connectivity index (χ1n) is 5.21. The fraction of sp³-hybridized carbons (Fsp3) is 0.182. The zero-order valence-corrected chi connectivity index (χ0v) is 10.1. The van der Waals surface area contributed by atoms with E-state index < -0.39 is 0 Å². The average Bonchev–Trinajstić information content (AvgIpc) is 2.85. The molecule has 0 atom stereocenters.